The van der Waals surface area contributed by atoms with Gasteiger partial charge in [-0.1, -0.05) is 24.3 Å². The highest BCUT2D eigenvalue weighted by atomic mass is 19.1. The Morgan fingerprint density at radius 3 is 2.35 bits per heavy atom. The standard InChI is InChI=1S/C19H15FN2O4/c20-14-7-3-1-5-12(14)18(24)21-9-10-22-19(25)17-11-15(23)13-6-2-4-8-16(13)26-17/h1-8,11H,9-10H2,(H,21,24)(H,22,25). The molecule has 0 aliphatic rings. The van der Waals surface area contributed by atoms with Crippen molar-refractivity contribution in [2.45, 2.75) is 0 Å². The van der Waals surface area contributed by atoms with Gasteiger partial charge in [0.05, 0.1) is 10.9 Å². The number of amides is 2. The summed E-state index contributed by atoms with van der Waals surface area (Å²) in [7, 11) is 0. The van der Waals surface area contributed by atoms with E-state index in [1.807, 2.05) is 0 Å². The summed E-state index contributed by atoms with van der Waals surface area (Å²) < 4.78 is 18.9. The Morgan fingerprint density at radius 2 is 1.58 bits per heavy atom. The molecule has 3 rings (SSSR count). The number of rotatable bonds is 5. The molecule has 0 fully saturated rings. The molecule has 1 aromatic heterocycles. The van der Waals surface area contributed by atoms with E-state index >= 15 is 0 Å². The van der Waals surface area contributed by atoms with Crippen LogP contribution in [0.5, 0.6) is 0 Å². The number of benzene rings is 2. The number of carbonyl (C=O) groups excluding carboxylic acids is 2. The predicted octanol–water partition coefficient (Wildman–Crippen LogP) is 2.09. The van der Waals surface area contributed by atoms with Crippen LogP contribution in [0.4, 0.5) is 4.39 Å². The van der Waals surface area contributed by atoms with Gasteiger partial charge in [0.15, 0.2) is 11.2 Å². The highest BCUT2D eigenvalue weighted by Gasteiger charge is 2.13. The zero-order chi connectivity index (χ0) is 18.5. The lowest BCUT2D eigenvalue weighted by molar-refractivity contribution is 0.0909. The van der Waals surface area contributed by atoms with E-state index in [4.69, 9.17) is 4.42 Å². The van der Waals surface area contributed by atoms with Gasteiger partial charge in [-0.15, -0.1) is 0 Å². The molecule has 0 unspecified atom stereocenters. The van der Waals surface area contributed by atoms with Gasteiger partial charge in [0.2, 0.25) is 0 Å². The van der Waals surface area contributed by atoms with Gasteiger partial charge in [0.25, 0.3) is 11.8 Å². The van der Waals surface area contributed by atoms with E-state index in [1.165, 1.54) is 18.2 Å². The minimum absolute atomic E-state index is 0.0700. The number of nitrogens with one attached hydrogen (secondary N) is 2. The molecule has 7 heteroatoms. The van der Waals surface area contributed by atoms with Gasteiger partial charge < -0.3 is 15.1 Å². The summed E-state index contributed by atoms with van der Waals surface area (Å²) in [6, 6.07) is 13.3. The van der Waals surface area contributed by atoms with Crippen molar-refractivity contribution in [3.63, 3.8) is 0 Å². The molecule has 2 N–H and O–H groups in total. The Bertz CT molecular complexity index is 1030. The quantitative estimate of drug-likeness (QED) is 0.687. The zero-order valence-corrected chi connectivity index (χ0v) is 13.6. The van der Waals surface area contributed by atoms with E-state index in [2.05, 4.69) is 10.6 Å². The van der Waals surface area contributed by atoms with Crippen LogP contribution < -0.4 is 16.1 Å². The Morgan fingerprint density at radius 1 is 0.923 bits per heavy atom. The van der Waals surface area contributed by atoms with Gasteiger partial charge in [-0.25, -0.2) is 4.39 Å². The molecule has 0 radical (unpaired) electrons. The van der Waals surface area contributed by atoms with Crippen molar-refractivity contribution in [2.24, 2.45) is 0 Å². The number of hydrogen-bond acceptors (Lipinski definition) is 4. The molecule has 26 heavy (non-hydrogen) atoms. The Hall–Kier alpha value is -3.48. The van der Waals surface area contributed by atoms with Gasteiger partial charge in [-0.3, -0.25) is 14.4 Å². The van der Waals surface area contributed by atoms with Gasteiger partial charge in [0.1, 0.15) is 11.4 Å². The molecular weight excluding hydrogens is 339 g/mol. The normalized spacial score (nSPS) is 10.5. The van der Waals surface area contributed by atoms with Crippen LogP contribution in [0, 0.1) is 5.82 Å². The highest BCUT2D eigenvalue weighted by molar-refractivity contribution is 5.95. The van der Waals surface area contributed by atoms with E-state index in [-0.39, 0.29) is 29.8 Å². The molecule has 2 amide bonds. The van der Waals surface area contributed by atoms with E-state index in [9.17, 15) is 18.8 Å². The van der Waals surface area contributed by atoms with Crippen molar-refractivity contribution in [3.05, 3.63) is 82.0 Å². The molecule has 0 saturated carbocycles. The summed E-state index contributed by atoms with van der Waals surface area (Å²) in [4.78, 5) is 35.9. The molecule has 0 aliphatic heterocycles. The van der Waals surface area contributed by atoms with Crippen molar-refractivity contribution in [1.82, 2.24) is 10.6 Å². The number of para-hydroxylation sites is 1. The molecule has 3 aromatic rings. The highest BCUT2D eigenvalue weighted by Crippen LogP contribution is 2.11. The molecular formula is C19H15FN2O4. The first-order valence-corrected chi connectivity index (χ1v) is 7.90. The minimum Gasteiger partial charge on any atom is -0.451 e. The summed E-state index contributed by atoms with van der Waals surface area (Å²) in [6.45, 7) is 0.187. The van der Waals surface area contributed by atoms with E-state index in [1.54, 1.807) is 30.3 Å². The lowest BCUT2D eigenvalue weighted by atomic mass is 10.2. The zero-order valence-electron chi connectivity index (χ0n) is 13.6. The van der Waals surface area contributed by atoms with Crippen LogP contribution >= 0.6 is 0 Å². The van der Waals surface area contributed by atoms with Crippen molar-refractivity contribution >= 4 is 22.8 Å². The Balaban J connectivity index is 1.57. The maximum absolute atomic E-state index is 13.5. The van der Waals surface area contributed by atoms with Crippen LogP contribution in [-0.2, 0) is 0 Å². The van der Waals surface area contributed by atoms with Crippen molar-refractivity contribution < 1.29 is 18.4 Å². The fourth-order valence-corrected chi connectivity index (χ4v) is 2.40. The van der Waals surface area contributed by atoms with Crippen LogP contribution in [0.3, 0.4) is 0 Å². The molecule has 0 aliphatic carbocycles. The average molecular weight is 354 g/mol. The van der Waals surface area contributed by atoms with Gasteiger partial charge in [0, 0.05) is 19.2 Å². The number of carbonyl (C=O) groups is 2. The Kier molecular flexibility index (Phi) is 5.07. The third-order valence-corrected chi connectivity index (χ3v) is 3.67. The van der Waals surface area contributed by atoms with Gasteiger partial charge in [-0.05, 0) is 24.3 Å². The largest absolute Gasteiger partial charge is 0.451 e. The van der Waals surface area contributed by atoms with E-state index in [0.29, 0.717) is 11.0 Å². The molecule has 0 saturated heterocycles. The molecule has 6 nitrogen and oxygen atoms in total. The second kappa shape index (κ2) is 7.60. The van der Waals surface area contributed by atoms with Gasteiger partial charge >= 0.3 is 0 Å². The van der Waals surface area contributed by atoms with Crippen LogP contribution in [0.25, 0.3) is 11.0 Å². The molecule has 0 spiro atoms. The van der Waals surface area contributed by atoms with Gasteiger partial charge in [-0.2, -0.15) is 0 Å². The third-order valence-electron chi connectivity index (χ3n) is 3.67. The summed E-state index contributed by atoms with van der Waals surface area (Å²) >= 11 is 0. The first-order chi connectivity index (χ1) is 12.6. The number of hydrogen-bond donors (Lipinski definition) is 2. The summed E-state index contributed by atoms with van der Waals surface area (Å²) in [6.07, 6.45) is 0. The van der Waals surface area contributed by atoms with Crippen LogP contribution in [0.2, 0.25) is 0 Å². The number of fused-ring (bicyclic) bond motifs is 1. The maximum atomic E-state index is 13.5. The lowest BCUT2D eigenvalue weighted by Gasteiger charge is -2.07. The first-order valence-electron chi connectivity index (χ1n) is 7.90. The average Bonchev–Trinajstić information content (AvgIpc) is 2.65. The topological polar surface area (TPSA) is 88.4 Å². The minimum atomic E-state index is -0.619. The summed E-state index contributed by atoms with van der Waals surface area (Å²) in [5, 5.41) is 5.42. The maximum Gasteiger partial charge on any atom is 0.287 e. The van der Waals surface area contributed by atoms with Crippen molar-refractivity contribution in [1.29, 1.82) is 0 Å². The molecule has 1 heterocycles. The molecule has 0 atom stereocenters. The van der Waals surface area contributed by atoms with Crippen LogP contribution in [0.1, 0.15) is 20.9 Å². The SMILES string of the molecule is O=C(NCCNC(=O)c1ccccc1F)c1cc(=O)c2ccccc2o1. The van der Waals surface area contributed by atoms with E-state index < -0.39 is 17.6 Å². The molecule has 0 bridgehead atoms. The predicted molar refractivity (Wildman–Crippen MR) is 93.6 cm³/mol. The second-order valence-corrected chi connectivity index (χ2v) is 5.46. The smallest absolute Gasteiger partial charge is 0.287 e. The fraction of sp³-hybridized carbons (Fsp3) is 0.105. The first kappa shape index (κ1) is 17.3. The second-order valence-electron chi connectivity index (χ2n) is 5.46. The lowest BCUT2D eigenvalue weighted by Crippen LogP contribution is -2.35. The van der Waals surface area contributed by atoms with E-state index in [0.717, 1.165) is 6.07 Å². The third kappa shape index (κ3) is 3.77. The fourth-order valence-electron chi connectivity index (χ4n) is 2.40. The van der Waals surface area contributed by atoms with Crippen molar-refractivity contribution in [2.75, 3.05) is 13.1 Å². The Labute approximate surface area is 147 Å². The summed E-state index contributed by atoms with van der Waals surface area (Å²) in [5.41, 5.74) is -0.0674. The monoisotopic (exact) mass is 354 g/mol. The molecule has 2 aromatic carbocycles. The van der Waals surface area contributed by atoms with Crippen LogP contribution in [0.15, 0.2) is 63.8 Å². The van der Waals surface area contributed by atoms with Crippen molar-refractivity contribution in [3.8, 4) is 0 Å². The summed E-state index contributed by atoms with van der Waals surface area (Å²) in [5.74, 6) is -1.89. The van der Waals surface area contributed by atoms with Crippen LogP contribution in [-0.4, -0.2) is 24.9 Å². The number of halogens is 1. The molecule has 132 valence electrons.